The first kappa shape index (κ1) is 15.0. The minimum Gasteiger partial charge on any atom is -0.480 e. The van der Waals surface area contributed by atoms with Crippen molar-refractivity contribution < 1.29 is 24.6 Å². The van der Waals surface area contributed by atoms with Gasteiger partial charge in [0.2, 0.25) is 0 Å². The number of nitrogen functional groups attached to an aromatic ring is 1. The highest BCUT2D eigenvalue weighted by Crippen LogP contribution is 2.18. The van der Waals surface area contributed by atoms with E-state index in [2.05, 4.69) is 15.9 Å². The molecule has 0 aromatic heterocycles. The third-order valence-corrected chi connectivity index (χ3v) is 2.56. The van der Waals surface area contributed by atoms with Crippen molar-refractivity contribution in [1.82, 2.24) is 4.90 Å². The molecule has 4 N–H and O–H groups in total. The van der Waals surface area contributed by atoms with Gasteiger partial charge in [0.05, 0.1) is 0 Å². The molecule has 8 heteroatoms. The van der Waals surface area contributed by atoms with Gasteiger partial charge in [-0.2, -0.15) is 0 Å². The fourth-order valence-electron chi connectivity index (χ4n) is 1.44. The quantitative estimate of drug-likeness (QED) is 0.681. The summed E-state index contributed by atoms with van der Waals surface area (Å²) in [6, 6.07) is 4.36. The number of carboxylic acids is 2. The topological polar surface area (TPSA) is 121 Å². The molecular formula is C11H11BrN2O5. The summed E-state index contributed by atoms with van der Waals surface area (Å²) in [5.74, 6) is -3.30. The lowest BCUT2D eigenvalue weighted by molar-refractivity contribution is -0.140. The van der Waals surface area contributed by atoms with Crippen LogP contribution in [0.25, 0.3) is 0 Å². The van der Waals surface area contributed by atoms with Crippen LogP contribution in [0.5, 0.6) is 0 Å². The molecule has 1 rings (SSSR count). The second-order valence-corrected chi connectivity index (χ2v) is 4.64. The van der Waals surface area contributed by atoms with E-state index in [9.17, 15) is 14.4 Å². The molecule has 0 aliphatic carbocycles. The van der Waals surface area contributed by atoms with Crippen LogP contribution < -0.4 is 5.73 Å². The SMILES string of the molecule is Nc1cc(Br)cc(C(=O)N(CC(=O)O)CC(=O)O)c1. The van der Waals surface area contributed by atoms with Crippen LogP contribution in [0.1, 0.15) is 10.4 Å². The number of halogens is 1. The number of hydrogen-bond donors (Lipinski definition) is 3. The lowest BCUT2D eigenvalue weighted by Gasteiger charge is -2.18. The second-order valence-electron chi connectivity index (χ2n) is 3.72. The molecule has 0 fully saturated rings. The van der Waals surface area contributed by atoms with E-state index in [-0.39, 0.29) is 5.56 Å². The van der Waals surface area contributed by atoms with Crippen LogP contribution in [-0.2, 0) is 9.59 Å². The molecule has 1 aromatic carbocycles. The number of benzene rings is 1. The molecule has 102 valence electrons. The zero-order valence-corrected chi connectivity index (χ0v) is 11.3. The van der Waals surface area contributed by atoms with Gasteiger partial charge in [-0.1, -0.05) is 15.9 Å². The Balaban J connectivity index is 3.03. The molecule has 0 radical (unpaired) electrons. The van der Waals surface area contributed by atoms with E-state index in [0.29, 0.717) is 15.1 Å². The third-order valence-electron chi connectivity index (χ3n) is 2.11. The van der Waals surface area contributed by atoms with Gasteiger partial charge in [0.25, 0.3) is 5.91 Å². The number of carboxylic acid groups (broad SMARTS) is 2. The van der Waals surface area contributed by atoms with Crippen molar-refractivity contribution in [2.24, 2.45) is 0 Å². The van der Waals surface area contributed by atoms with Crippen LogP contribution >= 0.6 is 15.9 Å². The van der Waals surface area contributed by atoms with Gasteiger partial charge < -0.3 is 20.8 Å². The number of aliphatic carboxylic acids is 2. The molecular weight excluding hydrogens is 320 g/mol. The van der Waals surface area contributed by atoms with E-state index in [1.807, 2.05) is 0 Å². The summed E-state index contributed by atoms with van der Waals surface area (Å²) in [5.41, 5.74) is 5.99. The number of rotatable bonds is 5. The summed E-state index contributed by atoms with van der Waals surface area (Å²) < 4.78 is 0.543. The average Bonchev–Trinajstić information content (AvgIpc) is 2.24. The Labute approximate surface area is 116 Å². The van der Waals surface area contributed by atoms with Crippen molar-refractivity contribution in [2.45, 2.75) is 0 Å². The van der Waals surface area contributed by atoms with Crippen molar-refractivity contribution in [3.8, 4) is 0 Å². The lowest BCUT2D eigenvalue weighted by atomic mass is 10.1. The molecule has 0 bridgehead atoms. The summed E-state index contributed by atoms with van der Waals surface area (Å²) in [4.78, 5) is 34.0. The molecule has 0 saturated heterocycles. The normalized spacial score (nSPS) is 9.95. The van der Waals surface area contributed by atoms with Crippen LogP contribution in [0.3, 0.4) is 0 Å². The zero-order valence-electron chi connectivity index (χ0n) is 9.67. The summed E-state index contributed by atoms with van der Waals surface area (Å²) in [7, 11) is 0. The van der Waals surface area contributed by atoms with E-state index in [4.69, 9.17) is 15.9 Å². The maximum absolute atomic E-state index is 12.0. The predicted octanol–water partition coefficient (Wildman–Crippen LogP) is 0.643. The molecule has 0 saturated carbocycles. The fourth-order valence-corrected chi connectivity index (χ4v) is 1.96. The number of nitrogens with two attached hydrogens (primary N) is 1. The summed E-state index contributed by atoms with van der Waals surface area (Å²) >= 11 is 3.15. The molecule has 0 spiro atoms. The largest absolute Gasteiger partial charge is 0.480 e. The molecule has 0 atom stereocenters. The van der Waals surface area contributed by atoms with Gasteiger partial charge in [-0.25, -0.2) is 0 Å². The van der Waals surface area contributed by atoms with Gasteiger partial charge in [0.1, 0.15) is 13.1 Å². The number of nitrogens with zero attached hydrogens (tertiary/aromatic N) is 1. The number of anilines is 1. The van der Waals surface area contributed by atoms with Crippen LogP contribution in [0.2, 0.25) is 0 Å². The molecule has 0 aliphatic heterocycles. The van der Waals surface area contributed by atoms with Crippen LogP contribution in [0, 0.1) is 0 Å². The molecule has 0 aliphatic rings. The Morgan fingerprint density at radius 2 is 1.63 bits per heavy atom. The van der Waals surface area contributed by atoms with Crippen molar-refractivity contribution in [3.63, 3.8) is 0 Å². The molecule has 0 unspecified atom stereocenters. The van der Waals surface area contributed by atoms with E-state index >= 15 is 0 Å². The maximum Gasteiger partial charge on any atom is 0.323 e. The Hall–Kier alpha value is -2.09. The van der Waals surface area contributed by atoms with Gasteiger partial charge in [-0.3, -0.25) is 14.4 Å². The average molecular weight is 331 g/mol. The Bertz CT molecular complexity index is 496. The molecule has 7 nitrogen and oxygen atoms in total. The van der Waals surface area contributed by atoms with Crippen LogP contribution in [0.15, 0.2) is 22.7 Å². The van der Waals surface area contributed by atoms with E-state index in [0.717, 1.165) is 0 Å². The Kier molecular flexibility index (Phi) is 4.87. The smallest absolute Gasteiger partial charge is 0.323 e. The molecule has 1 amide bonds. The lowest BCUT2D eigenvalue weighted by Crippen LogP contribution is -2.39. The minimum atomic E-state index is -1.29. The van der Waals surface area contributed by atoms with Gasteiger partial charge in [0.15, 0.2) is 0 Å². The van der Waals surface area contributed by atoms with Gasteiger partial charge in [-0.05, 0) is 18.2 Å². The van der Waals surface area contributed by atoms with E-state index < -0.39 is 30.9 Å². The highest BCUT2D eigenvalue weighted by molar-refractivity contribution is 9.10. The summed E-state index contributed by atoms with van der Waals surface area (Å²) in [6.45, 7) is -1.39. The van der Waals surface area contributed by atoms with Gasteiger partial charge in [-0.15, -0.1) is 0 Å². The first-order valence-electron chi connectivity index (χ1n) is 5.08. The van der Waals surface area contributed by atoms with Crippen molar-refractivity contribution in [1.29, 1.82) is 0 Å². The number of carbonyl (C=O) groups is 3. The van der Waals surface area contributed by atoms with E-state index in [1.165, 1.54) is 12.1 Å². The summed E-state index contributed by atoms with van der Waals surface area (Å²) in [5, 5.41) is 17.4. The van der Waals surface area contributed by atoms with Crippen LogP contribution in [-0.4, -0.2) is 46.0 Å². The monoisotopic (exact) mass is 330 g/mol. The highest BCUT2D eigenvalue weighted by Gasteiger charge is 2.21. The first-order chi connectivity index (χ1) is 8.79. The molecule has 19 heavy (non-hydrogen) atoms. The van der Waals surface area contributed by atoms with Crippen LogP contribution in [0.4, 0.5) is 5.69 Å². The minimum absolute atomic E-state index is 0.120. The molecule has 0 heterocycles. The van der Waals surface area contributed by atoms with Crippen molar-refractivity contribution >= 4 is 39.5 Å². The zero-order chi connectivity index (χ0) is 14.6. The van der Waals surface area contributed by atoms with Crippen molar-refractivity contribution in [2.75, 3.05) is 18.8 Å². The summed E-state index contributed by atoms with van der Waals surface area (Å²) in [6.07, 6.45) is 0. The number of amides is 1. The number of carbonyl (C=O) groups excluding carboxylic acids is 1. The predicted molar refractivity (Wildman–Crippen MR) is 69.7 cm³/mol. The second kappa shape index (κ2) is 6.19. The maximum atomic E-state index is 12.0. The molecule has 1 aromatic rings. The van der Waals surface area contributed by atoms with E-state index in [1.54, 1.807) is 6.07 Å². The number of hydrogen-bond acceptors (Lipinski definition) is 4. The third kappa shape index (κ3) is 4.59. The Morgan fingerprint density at radius 3 is 2.05 bits per heavy atom. The first-order valence-corrected chi connectivity index (χ1v) is 5.88. The van der Waals surface area contributed by atoms with Gasteiger partial charge >= 0.3 is 11.9 Å². The van der Waals surface area contributed by atoms with Crippen molar-refractivity contribution in [3.05, 3.63) is 28.2 Å². The highest BCUT2D eigenvalue weighted by atomic mass is 79.9. The Morgan fingerprint density at radius 1 is 1.11 bits per heavy atom. The standard InChI is InChI=1S/C11H11BrN2O5/c12-7-1-6(2-8(13)3-7)11(19)14(4-9(15)16)5-10(17)18/h1-3H,4-5,13H2,(H,15,16)(H,17,18). The fraction of sp³-hybridized carbons (Fsp3) is 0.182. The van der Waals surface area contributed by atoms with Gasteiger partial charge in [0, 0.05) is 15.7 Å².